The smallest absolute Gasteiger partial charge is 0.249 e. The molecule has 0 aromatic carbocycles. The third-order valence-corrected chi connectivity index (χ3v) is 4.24. The molecule has 5 nitrogen and oxygen atoms in total. The van der Waals surface area contributed by atoms with Gasteiger partial charge in [-0.3, -0.25) is 9.59 Å². The lowest BCUT2D eigenvalue weighted by atomic mass is 9.86. The first kappa shape index (κ1) is 14.6. The van der Waals surface area contributed by atoms with E-state index in [1.54, 1.807) is 17.4 Å². The van der Waals surface area contributed by atoms with Crippen LogP contribution in [0.3, 0.4) is 0 Å². The molecule has 1 saturated heterocycles. The van der Waals surface area contributed by atoms with Crippen LogP contribution in [0.1, 0.15) is 45.6 Å². The van der Waals surface area contributed by atoms with Gasteiger partial charge in [0.2, 0.25) is 11.8 Å². The van der Waals surface area contributed by atoms with E-state index in [4.69, 9.17) is 4.42 Å². The van der Waals surface area contributed by atoms with E-state index in [2.05, 4.69) is 5.32 Å². The van der Waals surface area contributed by atoms with E-state index in [0.29, 0.717) is 25.8 Å². The summed E-state index contributed by atoms with van der Waals surface area (Å²) < 4.78 is 5.05. The molecule has 0 bridgehead atoms. The van der Waals surface area contributed by atoms with Crippen molar-refractivity contribution in [1.82, 2.24) is 10.2 Å². The second kappa shape index (κ2) is 5.69. The van der Waals surface area contributed by atoms with Gasteiger partial charge in [0.25, 0.3) is 0 Å². The van der Waals surface area contributed by atoms with Crippen LogP contribution in [0.5, 0.6) is 0 Å². The van der Waals surface area contributed by atoms with Gasteiger partial charge in [-0.05, 0) is 25.3 Å². The van der Waals surface area contributed by atoms with Gasteiger partial charge in [-0.15, -0.1) is 0 Å². The molecule has 1 aromatic rings. The number of piperazine rings is 1. The highest BCUT2D eigenvalue weighted by molar-refractivity contribution is 5.99. The molecular weight excluding hydrogens is 256 g/mol. The predicted molar refractivity (Wildman–Crippen MR) is 74.8 cm³/mol. The van der Waals surface area contributed by atoms with Crippen LogP contribution in [0.15, 0.2) is 23.0 Å². The van der Waals surface area contributed by atoms with Gasteiger partial charge in [0.05, 0.1) is 12.5 Å². The number of furan rings is 1. The highest BCUT2D eigenvalue weighted by Crippen LogP contribution is 2.27. The van der Waals surface area contributed by atoms with E-state index < -0.39 is 11.6 Å². The Bertz CT molecular complexity index is 477. The van der Waals surface area contributed by atoms with Gasteiger partial charge in [-0.1, -0.05) is 20.8 Å². The average Bonchev–Trinajstić information content (AvgIpc) is 2.96. The van der Waals surface area contributed by atoms with E-state index >= 15 is 0 Å². The van der Waals surface area contributed by atoms with E-state index in [1.807, 2.05) is 26.8 Å². The molecule has 0 spiro atoms. The van der Waals surface area contributed by atoms with Gasteiger partial charge < -0.3 is 14.6 Å². The number of hydrogen-bond donors (Lipinski definition) is 1. The normalized spacial score (nSPS) is 21.9. The molecule has 1 N–H and O–H groups in total. The number of rotatable bonds is 5. The first-order chi connectivity index (χ1) is 9.57. The molecule has 1 fully saturated rings. The molecular formula is C15H22N2O3. The fraction of sp³-hybridized carbons (Fsp3) is 0.600. The van der Waals surface area contributed by atoms with Crippen molar-refractivity contribution in [2.75, 3.05) is 0 Å². The summed E-state index contributed by atoms with van der Waals surface area (Å²) in [4.78, 5) is 26.8. The monoisotopic (exact) mass is 278 g/mol. The van der Waals surface area contributed by atoms with Crippen LogP contribution in [0.4, 0.5) is 0 Å². The quantitative estimate of drug-likeness (QED) is 0.897. The van der Waals surface area contributed by atoms with Crippen LogP contribution in [0.2, 0.25) is 0 Å². The van der Waals surface area contributed by atoms with Crippen molar-refractivity contribution in [2.24, 2.45) is 0 Å². The Labute approximate surface area is 119 Å². The van der Waals surface area contributed by atoms with Crippen molar-refractivity contribution in [3.63, 3.8) is 0 Å². The first-order valence-electron chi connectivity index (χ1n) is 7.22. The lowest BCUT2D eigenvalue weighted by Gasteiger charge is -2.45. The molecule has 1 aromatic heterocycles. The molecule has 5 heteroatoms. The zero-order valence-corrected chi connectivity index (χ0v) is 12.3. The lowest BCUT2D eigenvalue weighted by molar-refractivity contribution is -0.156. The number of nitrogens with zero attached hydrogens (tertiary/aromatic N) is 1. The minimum Gasteiger partial charge on any atom is -0.472 e. The lowest BCUT2D eigenvalue weighted by Crippen LogP contribution is -2.69. The van der Waals surface area contributed by atoms with Crippen LogP contribution in [0.25, 0.3) is 0 Å². The summed E-state index contributed by atoms with van der Waals surface area (Å²) >= 11 is 0. The molecule has 1 unspecified atom stereocenters. The van der Waals surface area contributed by atoms with Crippen LogP contribution >= 0.6 is 0 Å². The van der Waals surface area contributed by atoms with Crippen LogP contribution in [0, 0.1) is 0 Å². The average molecular weight is 278 g/mol. The van der Waals surface area contributed by atoms with E-state index in [9.17, 15) is 9.59 Å². The Kier molecular flexibility index (Phi) is 4.16. The van der Waals surface area contributed by atoms with Gasteiger partial charge in [0, 0.05) is 12.1 Å². The van der Waals surface area contributed by atoms with Crippen molar-refractivity contribution in [3.8, 4) is 0 Å². The second-order valence-electron chi connectivity index (χ2n) is 5.27. The van der Waals surface area contributed by atoms with Gasteiger partial charge in [0.15, 0.2) is 0 Å². The minimum absolute atomic E-state index is 0.00940. The Hall–Kier alpha value is -1.78. The third-order valence-electron chi connectivity index (χ3n) is 4.24. The first-order valence-corrected chi connectivity index (χ1v) is 7.22. The predicted octanol–water partition coefficient (Wildman–Crippen LogP) is 2.08. The summed E-state index contributed by atoms with van der Waals surface area (Å²) in [6.45, 7) is 6.21. The molecule has 1 aliphatic heterocycles. The number of carbonyl (C=O) groups excluding carboxylic acids is 2. The Morgan fingerprint density at radius 2 is 2.00 bits per heavy atom. The zero-order chi connectivity index (χ0) is 14.8. The highest BCUT2D eigenvalue weighted by Gasteiger charge is 2.48. The summed E-state index contributed by atoms with van der Waals surface area (Å²) in [6.07, 6.45) is 5.02. The number of hydrogen-bond acceptors (Lipinski definition) is 3. The van der Waals surface area contributed by atoms with Gasteiger partial charge in [-0.2, -0.15) is 0 Å². The zero-order valence-electron chi connectivity index (χ0n) is 12.3. The number of carbonyl (C=O) groups is 2. The van der Waals surface area contributed by atoms with Gasteiger partial charge in [0.1, 0.15) is 11.6 Å². The number of amides is 2. The van der Waals surface area contributed by atoms with E-state index in [1.165, 1.54) is 0 Å². The van der Waals surface area contributed by atoms with Crippen molar-refractivity contribution >= 4 is 11.8 Å². The molecule has 0 saturated carbocycles. The molecule has 1 atom stereocenters. The largest absolute Gasteiger partial charge is 0.472 e. The second-order valence-corrected chi connectivity index (χ2v) is 5.27. The summed E-state index contributed by atoms with van der Waals surface area (Å²) in [5.74, 6) is -0.0468. The molecule has 2 heterocycles. The SMILES string of the molecule is CCC1C(=O)NC(CC)(CC)C(=O)N1Cc1ccoc1. The molecule has 2 amide bonds. The maximum absolute atomic E-state index is 12.8. The van der Waals surface area contributed by atoms with E-state index in [0.717, 1.165) is 5.56 Å². The summed E-state index contributed by atoms with van der Waals surface area (Å²) in [6, 6.07) is 1.43. The molecule has 110 valence electrons. The van der Waals surface area contributed by atoms with Crippen LogP contribution in [-0.4, -0.2) is 28.3 Å². The molecule has 1 aliphatic rings. The van der Waals surface area contributed by atoms with Crippen molar-refractivity contribution < 1.29 is 14.0 Å². The summed E-state index contributed by atoms with van der Waals surface area (Å²) in [5, 5.41) is 2.94. The third kappa shape index (κ3) is 2.32. The summed E-state index contributed by atoms with van der Waals surface area (Å²) in [5.41, 5.74) is 0.152. The van der Waals surface area contributed by atoms with Crippen molar-refractivity contribution in [1.29, 1.82) is 0 Å². The number of nitrogens with one attached hydrogen (secondary N) is 1. The minimum atomic E-state index is -0.757. The Morgan fingerprint density at radius 3 is 2.50 bits per heavy atom. The topological polar surface area (TPSA) is 62.6 Å². The fourth-order valence-electron chi connectivity index (χ4n) is 2.83. The maximum Gasteiger partial charge on any atom is 0.249 e. The fourth-order valence-corrected chi connectivity index (χ4v) is 2.83. The molecule has 0 aliphatic carbocycles. The maximum atomic E-state index is 12.8. The Balaban J connectivity index is 2.32. The summed E-state index contributed by atoms with van der Waals surface area (Å²) in [7, 11) is 0. The van der Waals surface area contributed by atoms with Crippen LogP contribution in [-0.2, 0) is 16.1 Å². The molecule has 0 radical (unpaired) electrons. The van der Waals surface area contributed by atoms with Crippen molar-refractivity contribution in [2.45, 2.75) is 58.2 Å². The van der Waals surface area contributed by atoms with E-state index in [-0.39, 0.29) is 11.8 Å². The van der Waals surface area contributed by atoms with Gasteiger partial charge >= 0.3 is 0 Å². The van der Waals surface area contributed by atoms with Crippen LogP contribution < -0.4 is 5.32 Å². The standard InChI is InChI=1S/C15H22N2O3/c1-4-12-13(18)16-15(5-2,6-3)14(19)17(12)9-11-7-8-20-10-11/h7-8,10,12H,4-6,9H2,1-3H3,(H,16,18). The molecule has 2 rings (SSSR count). The van der Waals surface area contributed by atoms with Gasteiger partial charge in [-0.25, -0.2) is 0 Å². The Morgan fingerprint density at radius 1 is 1.30 bits per heavy atom. The van der Waals surface area contributed by atoms with Crippen molar-refractivity contribution in [3.05, 3.63) is 24.2 Å². The molecule has 20 heavy (non-hydrogen) atoms. The highest BCUT2D eigenvalue weighted by atomic mass is 16.3.